The predicted octanol–water partition coefficient (Wildman–Crippen LogP) is 5.15. The third kappa shape index (κ3) is 10.5. The molecule has 17 heavy (non-hydrogen) atoms. The lowest BCUT2D eigenvalue weighted by atomic mass is 9.91. The van der Waals surface area contributed by atoms with Crippen LogP contribution in [0.4, 0.5) is 0 Å². The summed E-state index contributed by atoms with van der Waals surface area (Å²) >= 11 is 0. The van der Waals surface area contributed by atoms with Crippen LogP contribution in [0.1, 0.15) is 79.1 Å². The molecule has 2 atom stereocenters. The average molecular weight is 239 g/mol. The molecule has 0 saturated carbocycles. The quantitative estimate of drug-likeness (QED) is 0.487. The van der Waals surface area contributed by atoms with Gasteiger partial charge < -0.3 is 0 Å². The monoisotopic (exact) mass is 239 g/mol. The summed E-state index contributed by atoms with van der Waals surface area (Å²) < 4.78 is 0. The first-order valence-corrected chi connectivity index (χ1v) is 7.45. The number of rotatable bonds is 11. The number of hydrogen-bond acceptors (Lipinski definition) is 1. The van der Waals surface area contributed by atoms with Crippen molar-refractivity contribution in [3.05, 3.63) is 0 Å². The molecule has 0 aliphatic rings. The van der Waals surface area contributed by atoms with Crippen molar-refractivity contribution >= 4 is 6.29 Å². The van der Waals surface area contributed by atoms with E-state index in [2.05, 4.69) is 34.0 Å². The zero-order valence-electron chi connectivity index (χ0n) is 12.3. The van der Waals surface area contributed by atoms with Crippen molar-refractivity contribution in [2.24, 2.45) is 17.8 Å². The zero-order valence-corrected chi connectivity index (χ0v) is 12.3. The van der Waals surface area contributed by atoms with Gasteiger partial charge in [-0.05, 0) is 17.8 Å². The minimum Gasteiger partial charge on any atom is -0.291 e. The smallest absolute Gasteiger partial charge is 0.198 e. The summed E-state index contributed by atoms with van der Waals surface area (Å²) in [4.78, 5) is 10.4. The van der Waals surface area contributed by atoms with E-state index in [1.807, 2.05) is 0 Å². The molecule has 0 aromatic carbocycles. The van der Waals surface area contributed by atoms with Gasteiger partial charge in [-0.15, -0.1) is 0 Å². The highest BCUT2D eigenvalue weighted by atomic mass is 16.1. The lowest BCUT2D eigenvalue weighted by molar-refractivity contribution is 0.387. The van der Waals surface area contributed by atoms with Gasteiger partial charge in [-0.1, -0.05) is 72.6 Å². The molecule has 0 spiro atoms. The molecule has 0 heterocycles. The van der Waals surface area contributed by atoms with Crippen molar-refractivity contribution in [1.29, 1.82) is 0 Å². The minimum absolute atomic E-state index is 0.579. The molecule has 0 aliphatic carbocycles. The van der Waals surface area contributed by atoms with E-state index < -0.39 is 0 Å². The Morgan fingerprint density at radius 3 is 2.00 bits per heavy atom. The van der Waals surface area contributed by atoms with Crippen LogP contribution >= 0.6 is 0 Å². The van der Waals surface area contributed by atoms with Crippen molar-refractivity contribution in [3.8, 4) is 0 Å². The molecule has 0 N–H and O–H groups in total. The third-order valence-electron chi connectivity index (χ3n) is 3.74. The van der Waals surface area contributed by atoms with E-state index in [0.717, 1.165) is 18.3 Å². The fourth-order valence-electron chi connectivity index (χ4n) is 2.34. The van der Waals surface area contributed by atoms with Crippen molar-refractivity contribution < 1.29 is 4.79 Å². The van der Waals surface area contributed by atoms with Gasteiger partial charge in [0.1, 0.15) is 0 Å². The molecule has 0 aromatic rings. The molecular formula is C16H31O. The van der Waals surface area contributed by atoms with Crippen molar-refractivity contribution in [2.75, 3.05) is 0 Å². The molecule has 0 rings (SSSR count). The van der Waals surface area contributed by atoms with Crippen LogP contribution in [0.25, 0.3) is 0 Å². The van der Waals surface area contributed by atoms with Gasteiger partial charge in [0.25, 0.3) is 0 Å². The molecule has 101 valence electrons. The molecule has 1 nitrogen and oxygen atoms in total. The van der Waals surface area contributed by atoms with Gasteiger partial charge in [0, 0.05) is 6.42 Å². The third-order valence-corrected chi connectivity index (χ3v) is 3.74. The SMILES string of the molecule is CCC(C[C]=O)CCCC(C)CCCC(C)C. The first-order chi connectivity index (χ1) is 8.10. The van der Waals surface area contributed by atoms with E-state index in [1.54, 1.807) is 0 Å². The second-order valence-electron chi connectivity index (χ2n) is 5.98. The Labute approximate surface area is 108 Å². The van der Waals surface area contributed by atoms with Crippen LogP contribution in [0.15, 0.2) is 0 Å². The standard InChI is InChI=1S/C16H31O/c1-5-16(12-13-17)11-7-10-15(4)9-6-8-14(2)3/h14-16H,5-12H2,1-4H3. The van der Waals surface area contributed by atoms with Crippen LogP contribution in [0.3, 0.4) is 0 Å². The fourth-order valence-corrected chi connectivity index (χ4v) is 2.34. The highest BCUT2D eigenvalue weighted by molar-refractivity contribution is 5.50. The second-order valence-corrected chi connectivity index (χ2v) is 5.98. The van der Waals surface area contributed by atoms with E-state index in [4.69, 9.17) is 0 Å². The molecule has 0 aromatic heterocycles. The van der Waals surface area contributed by atoms with Crippen LogP contribution in [-0.2, 0) is 4.79 Å². The van der Waals surface area contributed by atoms with Gasteiger partial charge in [0.05, 0.1) is 0 Å². The Hall–Kier alpha value is -0.330. The summed E-state index contributed by atoms with van der Waals surface area (Å²) in [6.07, 6.45) is 11.7. The molecular weight excluding hydrogens is 208 g/mol. The van der Waals surface area contributed by atoms with E-state index in [9.17, 15) is 4.79 Å². The van der Waals surface area contributed by atoms with Crippen LogP contribution in [0.2, 0.25) is 0 Å². The Morgan fingerprint density at radius 1 is 0.941 bits per heavy atom. The van der Waals surface area contributed by atoms with E-state index >= 15 is 0 Å². The van der Waals surface area contributed by atoms with Crippen molar-refractivity contribution in [2.45, 2.75) is 79.1 Å². The Morgan fingerprint density at radius 2 is 1.53 bits per heavy atom. The minimum atomic E-state index is 0.579. The van der Waals surface area contributed by atoms with Gasteiger partial charge >= 0.3 is 0 Å². The van der Waals surface area contributed by atoms with Gasteiger partial charge in [0.2, 0.25) is 0 Å². The largest absolute Gasteiger partial charge is 0.291 e. The fraction of sp³-hybridized carbons (Fsp3) is 0.938. The first-order valence-electron chi connectivity index (χ1n) is 7.45. The highest BCUT2D eigenvalue weighted by Gasteiger charge is 2.08. The summed E-state index contributed by atoms with van der Waals surface area (Å²) in [5.74, 6) is 2.27. The normalized spacial score (nSPS) is 14.9. The predicted molar refractivity (Wildman–Crippen MR) is 75.8 cm³/mol. The molecule has 0 amide bonds. The maximum atomic E-state index is 10.4. The van der Waals surface area contributed by atoms with E-state index in [-0.39, 0.29) is 0 Å². The molecule has 0 saturated heterocycles. The summed E-state index contributed by atoms with van der Waals surface area (Å²) in [6.45, 7) is 9.14. The number of carbonyl (C=O) groups excluding carboxylic acids is 1. The molecule has 2 unspecified atom stereocenters. The van der Waals surface area contributed by atoms with Gasteiger partial charge in [-0.25, -0.2) is 0 Å². The maximum Gasteiger partial charge on any atom is 0.198 e. The topological polar surface area (TPSA) is 17.1 Å². The van der Waals surface area contributed by atoms with Crippen LogP contribution in [0.5, 0.6) is 0 Å². The molecule has 1 heteroatoms. The summed E-state index contributed by atoms with van der Waals surface area (Å²) in [5, 5.41) is 0. The first kappa shape index (κ1) is 16.7. The Balaban J connectivity index is 3.48. The maximum absolute atomic E-state index is 10.4. The molecule has 0 bridgehead atoms. The van der Waals surface area contributed by atoms with E-state index in [1.165, 1.54) is 38.5 Å². The van der Waals surface area contributed by atoms with Gasteiger partial charge in [0.15, 0.2) is 6.29 Å². The van der Waals surface area contributed by atoms with Crippen LogP contribution in [-0.4, -0.2) is 6.29 Å². The van der Waals surface area contributed by atoms with E-state index in [0.29, 0.717) is 12.3 Å². The lowest BCUT2D eigenvalue weighted by Gasteiger charge is -2.15. The van der Waals surface area contributed by atoms with Gasteiger partial charge in [-0.2, -0.15) is 0 Å². The molecule has 0 fully saturated rings. The second kappa shape index (κ2) is 10.8. The Bertz CT molecular complexity index is 174. The summed E-state index contributed by atoms with van der Waals surface area (Å²) in [6, 6.07) is 0. The average Bonchev–Trinajstić information content (AvgIpc) is 2.27. The summed E-state index contributed by atoms with van der Waals surface area (Å²) in [7, 11) is 0. The number of hydrogen-bond donors (Lipinski definition) is 0. The summed E-state index contributed by atoms with van der Waals surface area (Å²) in [5.41, 5.74) is 0. The zero-order chi connectivity index (χ0) is 13.1. The van der Waals surface area contributed by atoms with Crippen LogP contribution < -0.4 is 0 Å². The highest BCUT2D eigenvalue weighted by Crippen LogP contribution is 2.21. The molecule has 0 aliphatic heterocycles. The van der Waals surface area contributed by atoms with Crippen molar-refractivity contribution in [1.82, 2.24) is 0 Å². The van der Waals surface area contributed by atoms with Crippen molar-refractivity contribution in [3.63, 3.8) is 0 Å². The van der Waals surface area contributed by atoms with Crippen LogP contribution in [0, 0.1) is 17.8 Å². The lowest BCUT2D eigenvalue weighted by Crippen LogP contribution is -2.02. The van der Waals surface area contributed by atoms with Gasteiger partial charge in [-0.3, -0.25) is 4.79 Å². The molecule has 1 radical (unpaired) electrons. The Kier molecular flexibility index (Phi) is 10.6.